The predicted molar refractivity (Wildman–Crippen MR) is 101 cm³/mol. The number of piperidine rings is 1. The van der Waals surface area contributed by atoms with Crippen molar-refractivity contribution >= 4 is 11.8 Å². The Morgan fingerprint density at radius 1 is 1.33 bits per heavy atom. The van der Waals surface area contributed by atoms with Gasteiger partial charge in [0.2, 0.25) is 11.8 Å². The summed E-state index contributed by atoms with van der Waals surface area (Å²) in [6, 6.07) is 4.59. The number of nitrogens with zero attached hydrogens (tertiary/aromatic N) is 2. The van der Waals surface area contributed by atoms with Crippen LogP contribution >= 0.6 is 0 Å². The summed E-state index contributed by atoms with van der Waals surface area (Å²) in [7, 11) is 1.54. The lowest BCUT2D eigenvalue weighted by atomic mass is 9.78. The number of halogens is 1. The van der Waals surface area contributed by atoms with Crippen LogP contribution < -0.4 is 4.74 Å². The lowest BCUT2D eigenvalue weighted by Gasteiger charge is -2.39. The predicted octanol–water partition coefficient (Wildman–Crippen LogP) is 3.14. The summed E-state index contributed by atoms with van der Waals surface area (Å²) in [6.07, 6.45) is 6.42. The summed E-state index contributed by atoms with van der Waals surface area (Å²) in [6.45, 7) is 3.82. The molecule has 0 bridgehead atoms. The molecule has 5 nitrogen and oxygen atoms in total. The average molecular weight is 374 g/mol. The second kappa shape index (κ2) is 8.11. The first-order valence-corrected chi connectivity index (χ1v) is 9.50. The molecule has 0 unspecified atom stereocenters. The van der Waals surface area contributed by atoms with Gasteiger partial charge in [0, 0.05) is 38.2 Å². The number of carbonyl (C=O) groups is 2. The van der Waals surface area contributed by atoms with Gasteiger partial charge in [0.05, 0.1) is 12.5 Å². The zero-order valence-electron chi connectivity index (χ0n) is 16.0. The first kappa shape index (κ1) is 19.4. The van der Waals surface area contributed by atoms with E-state index in [4.69, 9.17) is 4.74 Å². The molecule has 1 aromatic carbocycles. The molecule has 2 saturated heterocycles. The minimum absolute atomic E-state index is 0.0392. The molecule has 2 amide bonds. The second-order valence-electron chi connectivity index (χ2n) is 7.41. The van der Waals surface area contributed by atoms with Crippen LogP contribution in [-0.4, -0.2) is 48.4 Å². The summed E-state index contributed by atoms with van der Waals surface area (Å²) in [5.74, 6) is 0.344. The standard InChI is InChI=1S/C21H27FN2O3/c1-3-4-6-19(25)24-12-10-21(15-24)9-5-11-23(20(21)26)14-16-13-17(27-2)7-8-18(16)22/h3-4,7-8,13H,5-6,9-12,14-15H2,1-2H3/b4-3+/t21-/m0/s1. The zero-order chi connectivity index (χ0) is 19.4. The Labute approximate surface area is 159 Å². The van der Waals surface area contributed by atoms with Crippen LogP contribution in [0.4, 0.5) is 4.39 Å². The molecule has 0 saturated carbocycles. The number of carbonyl (C=O) groups excluding carboxylic acids is 2. The normalized spacial score (nSPS) is 22.9. The maximum absolute atomic E-state index is 14.2. The van der Waals surface area contributed by atoms with E-state index in [-0.39, 0.29) is 24.2 Å². The summed E-state index contributed by atoms with van der Waals surface area (Å²) in [5, 5.41) is 0. The summed E-state index contributed by atoms with van der Waals surface area (Å²) < 4.78 is 19.4. The van der Waals surface area contributed by atoms with Crippen molar-refractivity contribution in [2.75, 3.05) is 26.7 Å². The Hall–Kier alpha value is -2.37. The smallest absolute Gasteiger partial charge is 0.230 e. The number of ether oxygens (including phenoxy) is 1. The Morgan fingerprint density at radius 2 is 2.15 bits per heavy atom. The molecule has 1 aromatic rings. The highest BCUT2D eigenvalue weighted by molar-refractivity contribution is 5.86. The maximum atomic E-state index is 14.2. The highest BCUT2D eigenvalue weighted by Gasteiger charge is 2.49. The molecule has 146 valence electrons. The van der Waals surface area contributed by atoms with Gasteiger partial charge < -0.3 is 14.5 Å². The number of hydrogen-bond acceptors (Lipinski definition) is 3. The van der Waals surface area contributed by atoms with Gasteiger partial charge in [-0.2, -0.15) is 0 Å². The number of benzene rings is 1. The molecule has 0 radical (unpaired) electrons. The molecule has 27 heavy (non-hydrogen) atoms. The van der Waals surface area contributed by atoms with Gasteiger partial charge >= 0.3 is 0 Å². The van der Waals surface area contributed by atoms with E-state index in [2.05, 4.69) is 0 Å². The number of rotatable bonds is 5. The van der Waals surface area contributed by atoms with Crippen molar-refractivity contribution in [2.24, 2.45) is 5.41 Å². The zero-order valence-corrected chi connectivity index (χ0v) is 16.0. The molecular weight excluding hydrogens is 347 g/mol. The van der Waals surface area contributed by atoms with E-state index in [1.807, 2.05) is 19.1 Å². The fourth-order valence-electron chi connectivity index (χ4n) is 4.12. The van der Waals surface area contributed by atoms with E-state index < -0.39 is 5.41 Å². The topological polar surface area (TPSA) is 49.9 Å². The van der Waals surface area contributed by atoms with Crippen LogP contribution in [0.1, 0.15) is 38.2 Å². The first-order valence-electron chi connectivity index (χ1n) is 9.50. The van der Waals surface area contributed by atoms with Crippen LogP contribution in [0.2, 0.25) is 0 Å². The van der Waals surface area contributed by atoms with Crippen molar-refractivity contribution in [1.29, 1.82) is 0 Å². The first-order chi connectivity index (χ1) is 13.0. The van der Waals surface area contributed by atoms with Crippen LogP contribution in [0.25, 0.3) is 0 Å². The highest BCUT2D eigenvalue weighted by atomic mass is 19.1. The van der Waals surface area contributed by atoms with Gasteiger partial charge in [-0.3, -0.25) is 9.59 Å². The lowest BCUT2D eigenvalue weighted by molar-refractivity contribution is -0.146. The average Bonchev–Trinajstić information content (AvgIpc) is 3.10. The molecule has 1 spiro atoms. The second-order valence-corrected chi connectivity index (χ2v) is 7.41. The van der Waals surface area contributed by atoms with Gasteiger partial charge in [0.1, 0.15) is 11.6 Å². The molecular formula is C21H27FN2O3. The van der Waals surface area contributed by atoms with E-state index in [1.54, 1.807) is 21.9 Å². The maximum Gasteiger partial charge on any atom is 0.230 e. The van der Waals surface area contributed by atoms with Gasteiger partial charge in [-0.05, 0) is 44.4 Å². The van der Waals surface area contributed by atoms with Crippen LogP contribution in [0.3, 0.4) is 0 Å². The molecule has 2 aliphatic rings. The summed E-state index contributed by atoms with van der Waals surface area (Å²) >= 11 is 0. The van der Waals surface area contributed by atoms with Gasteiger partial charge in [-0.1, -0.05) is 12.2 Å². The van der Waals surface area contributed by atoms with Gasteiger partial charge in [-0.15, -0.1) is 0 Å². The van der Waals surface area contributed by atoms with E-state index in [1.165, 1.54) is 13.2 Å². The third kappa shape index (κ3) is 3.99. The lowest BCUT2D eigenvalue weighted by Crippen LogP contribution is -2.50. The van der Waals surface area contributed by atoms with E-state index in [9.17, 15) is 14.0 Å². The third-order valence-electron chi connectivity index (χ3n) is 5.67. The quantitative estimate of drug-likeness (QED) is 0.744. The summed E-state index contributed by atoms with van der Waals surface area (Å²) in [4.78, 5) is 29.1. The van der Waals surface area contributed by atoms with Gasteiger partial charge in [0.25, 0.3) is 0 Å². The van der Waals surface area contributed by atoms with Crippen molar-refractivity contribution < 1.29 is 18.7 Å². The Kier molecular flexibility index (Phi) is 5.82. The van der Waals surface area contributed by atoms with Crippen molar-refractivity contribution in [3.63, 3.8) is 0 Å². The summed E-state index contributed by atoms with van der Waals surface area (Å²) in [5.41, 5.74) is -0.0575. The molecule has 1 atom stereocenters. The van der Waals surface area contributed by atoms with E-state index in [0.29, 0.717) is 43.8 Å². The van der Waals surface area contributed by atoms with Gasteiger partial charge in [0.15, 0.2) is 0 Å². The van der Waals surface area contributed by atoms with Crippen LogP contribution in [0.5, 0.6) is 5.75 Å². The van der Waals surface area contributed by atoms with Crippen molar-refractivity contribution in [2.45, 2.75) is 39.2 Å². The third-order valence-corrected chi connectivity index (χ3v) is 5.67. The molecule has 2 aliphatic heterocycles. The van der Waals surface area contributed by atoms with E-state index >= 15 is 0 Å². The molecule has 0 aromatic heterocycles. The Bertz CT molecular complexity index is 749. The number of allylic oxidation sites excluding steroid dienone is 1. The largest absolute Gasteiger partial charge is 0.497 e. The monoisotopic (exact) mass is 374 g/mol. The fraction of sp³-hybridized carbons (Fsp3) is 0.524. The van der Waals surface area contributed by atoms with Crippen LogP contribution in [0.15, 0.2) is 30.4 Å². The van der Waals surface area contributed by atoms with E-state index in [0.717, 1.165) is 12.8 Å². The number of methoxy groups -OCH3 is 1. The molecule has 6 heteroatoms. The Balaban J connectivity index is 1.72. The van der Waals surface area contributed by atoms with Crippen molar-refractivity contribution in [3.05, 3.63) is 41.7 Å². The minimum atomic E-state index is -0.515. The molecule has 2 heterocycles. The SMILES string of the molecule is C/C=C/CC(=O)N1CC[C@@]2(CCCN(Cc3cc(OC)ccc3F)C2=O)C1. The van der Waals surface area contributed by atoms with Crippen molar-refractivity contribution in [3.8, 4) is 5.75 Å². The number of amides is 2. The van der Waals surface area contributed by atoms with Crippen LogP contribution in [0, 0.1) is 11.2 Å². The van der Waals surface area contributed by atoms with Crippen molar-refractivity contribution in [1.82, 2.24) is 9.80 Å². The molecule has 0 aliphatic carbocycles. The number of likely N-dealkylation sites (tertiary alicyclic amines) is 2. The molecule has 3 rings (SSSR count). The van der Waals surface area contributed by atoms with Crippen LogP contribution in [-0.2, 0) is 16.1 Å². The fourth-order valence-corrected chi connectivity index (χ4v) is 4.12. The van der Waals surface area contributed by atoms with Gasteiger partial charge in [-0.25, -0.2) is 4.39 Å². The highest BCUT2D eigenvalue weighted by Crippen LogP contribution is 2.40. The molecule has 0 N–H and O–H groups in total. The minimum Gasteiger partial charge on any atom is -0.497 e. The Morgan fingerprint density at radius 3 is 2.89 bits per heavy atom. The number of hydrogen-bond donors (Lipinski definition) is 0. The molecule has 2 fully saturated rings.